The normalized spacial score (nSPS) is 35.7. The van der Waals surface area contributed by atoms with Crippen LogP contribution in [-0.2, 0) is 39.7 Å². The van der Waals surface area contributed by atoms with Crippen molar-refractivity contribution in [2.24, 2.45) is 11.8 Å². The molecule has 3 heterocycles. The first-order valence-corrected chi connectivity index (χ1v) is 13.6. The molecule has 2 saturated heterocycles. The number of aliphatic hydroxyl groups is 4. The maximum atomic E-state index is 12.7. The number of aliphatic hydroxyl groups excluding tert-OH is 4. The van der Waals surface area contributed by atoms with Gasteiger partial charge in [0.05, 0.1) is 37.8 Å². The molecule has 5 N–H and O–H groups in total. The quantitative estimate of drug-likeness (QED) is 0.192. The molecule has 0 unspecified atom stereocenters. The molecule has 226 valence electrons. The summed E-state index contributed by atoms with van der Waals surface area (Å²) in [5.41, 5.74) is 1.19. The van der Waals surface area contributed by atoms with Crippen molar-refractivity contribution in [1.29, 1.82) is 0 Å². The van der Waals surface area contributed by atoms with Gasteiger partial charge in [0.1, 0.15) is 35.9 Å². The Morgan fingerprint density at radius 3 is 2.41 bits per heavy atom. The molecule has 1 aromatic rings. The van der Waals surface area contributed by atoms with Gasteiger partial charge in [-0.25, -0.2) is 4.79 Å². The summed E-state index contributed by atoms with van der Waals surface area (Å²) in [4.78, 5) is 25.4. The molecule has 12 nitrogen and oxygen atoms in total. The van der Waals surface area contributed by atoms with E-state index in [1.807, 2.05) is 12.1 Å². The van der Waals surface area contributed by atoms with E-state index in [1.54, 1.807) is 12.1 Å². The predicted molar refractivity (Wildman–Crippen MR) is 141 cm³/mol. The number of carbonyl (C=O) groups excluding carboxylic acids is 2. The highest BCUT2D eigenvalue weighted by Gasteiger charge is 2.48. The number of esters is 1. The zero-order valence-electron chi connectivity index (χ0n) is 22.8. The number of phenols is 1. The highest BCUT2D eigenvalue weighted by molar-refractivity contribution is 5.89. The fourth-order valence-corrected chi connectivity index (χ4v) is 5.57. The van der Waals surface area contributed by atoms with Gasteiger partial charge < -0.3 is 49.2 Å². The molecule has 41 heavy (non-hydrogen) atoms. The second kappa shape index (κ2) is 13.9. The number of hydrogen-bond acceptors (Lipinski definition) is 12. The molecule has 12 heteroatoms. The average Bonchev–Trinajstić information content (AvgIpc) is 2.96. The molecule has 0 amide bonds. The van der Waals surface area contributed by atoms with Crippen LogP contribution in [0.3, 0.4) is 0 Å². The van der Waals surface area contributed by atoms with Crippen molar-refractivity contribution < 1.29 is 58.8 Å². The Labute approximate surface area is 237 Å². The van der Waals surface area contributed by atoms with Crippen molar-refractivity contribution in [3.8, 4) is 5.75 Å². The van der Waals surface area contributed by atoms with E-state index in [9.17, 15) is 35.1 Å². The highest BCUT2D eigenvalue weighted by Crippen LogP contribution is 2.39. The van der Waals surface area contributed by atoms with Crippen LogP contribution in [0.1, 0.15) is 31.2 Å². The Morgan fingerprint density at radius 1 is 1.05 bits per heavy atom. The van der Waals surface area contributed by atoms with E-state index in [2.05, 4.69) is 6.58 Å². The third-order valence-electron chi connectivity index (χ3n) is 7.82. The number of Topliss-reactive ketones (excluding diaryl/α,β-unsaturated/α-hetero) is 1. The summed E-state index contributed by atoms with van der Waals surface area (Å²) in [6.45, 7) is 3.24. The Bertz CT molecular complexity index is 1090. The Hall–Kier alpha value is -2.84. The van der Waals surface area contributed by atoms with Crippen LogP contribution in [0.5, 0.6) is 5.75 Å². The number of hydrogen-bond donors (Lipinski definition) is 5. The van der Waals surface area contributed by atoms with Gasteiger partial charge in [-0.05, 0) is 37.0 Å². The summed E-state index contributed by atoms with van der Waals surface area (Å²) in [6.07, 6.45) is -4.88. The van der Waals surface area contributed by atoms with Crippen molar-refractivity contribution in [3.63, 3.8) is 0 Å². The van der Waals surface area contributed by atoms with Gasteiger partial charge in [0, 0.05) is 24.7 Å². The molecule has 0 saturated carbocycles. The molecular formula is C29H38O12. The fourth-order valence-electron chi connectivity index (χ4n) is 5.57. The molecule has 0 radical (unpaired) electrons. The van der Waals surface area contributed by atoms with Crippen LogP contribution < -0.4 is 0 Å². The molecule has 3 aliphatic heterocycles. The molecule has 0 aromatic heterocycles. The molecular weight excluding hydrogens is 540 g/mol. The lowest BCUT2D eigenvalue weighted by molar-refractivity contribution is -0.339. The second-order valence-electron chi connectivity index (χ2n) is 10.6. The predicted octanol–water partition coefficient (Wildman–Crippen LogP) is 0.480. The van der Waals surface area contributed by atoms with Crippen molar-refractivity contribution >= 4 is 11.8 Å². The van der Waals surface area contributed by atoms with Crippen molar-refractivity contribution in [1.82, 2.24) is 0 Å². The lowest BCUT2D eigenvalue weighted by Gasteiger charge is -2.43. The first-order chi connectivity index (χ1) is 19.6. The lowest BCUT2D eigenvalue weighted by atomic mass is 9.78. The number of ether oxygens (including phenoxy) is 5. The fraction of sp³-hybridized carbons (Fsp3) is 0.586. The van der Waals surface area contributed by atoms with Crippen LogP contribution in [0.4, 0.5) is 0 Å². The molecule has 3 aliphatic rings. The summed E-state index contributed by atoms with van der Waals surface area (Å²) >= 11 is 0. The van der Waals surface area contributed by atoms with E-state index in [0.29, 0.717) is 12.8 Å². The van der Waals surface area contributed by atoms with Crippen LogP contribution >= 0.6 is 0 Å². The largest absolute Gasteiger partial charge is 0.508 e. The molecule has 2 fully saturated rings. The molecule has 0 aliphatic carbocycles. The van der Waals surface area contributed by atoms with Crippen LogP contribution in [0, 0.1) is 11.8 Å². The van der Waals surface area contributed by atoms with E-state index < -0.39 is 67.5 Å². The zero-order chi connectivity index (χ0) is 29.7. The average molecular weight is 579 g/mol. The van der Waals surface area contributed by atoms with Crippen molar-refractivity contribution in [2.75, 3.05) is 13.7 Å². The number of ketones is 1. The van der Waals surface area contributed by atoms with Gasteiger partial charge in [0.25, 0.3) is 0 Å². The molecule has 10 atom stereocenters. The van der Waals surface area contributed by atoms with Gasteiger partial charge in [-0.2, -0.15) is 0 Å². The van der Waals surface area contributed by atoms with Crippen LogP contribution in [0.15, 0.2) is 48.8 Å². The van der Waals surface area contributed by atoms with Crippen molar-refractivity contribution in [2.45, 2.75) is 81.3 Å². The van der Waals surface area contributed by atoms with E-state index >= 15 is 0 Å². The topological polar surface area (TPSA) is 181 Å². The number of benzene rings is 1. The van der Waals surface area contributed by atoms with E-state index in [0.717, 1.165) is 5.56 Å². The lowest BCUT2D eigenvalue weighted by Crippen LogP contribution is -2.60. The maximum absolute atomic E-state index is 12.7. The van der Waals surface area contributed by atoms with Gasteiger partial charge in [0.2, 0.25) is 6.29 Å². The first kappa shape index (κ1) is 31.1. The Kier molecular flexibility index (Phi) is 10.5. The zero-order valence-corrected chi connectivity index (χ0v) is 22.8. The van der Waals surface area contributed by atoms with E-state index in [4.69, 9.17) is 23.7 Å². The van der Waals surface area contributed by atoms with Crippen LogP contribution in [-0.4, -0.2) is 100 Å². The summed E-state index contributed by atoms with van der Waals surface area (Å²) < 4.78 is 28.2. The number of aryl methyl sites for hydroxylation is 1. The third kappa shape index (κ3) is 7.33. The van der Waals surface area contributed by atoms with Crippen LogP contribution in [0.25, 0.3) is 0 Å². The summed E-state index contributed by atoms with van der Waals surface area (Å²) in [5, 5.41) is 49.7. The molecule has 1 aromatic carbocycles. The minimum Gasteiger partial charge on any atom is -0.508 e. The second-order valence-corrected chi connectivity index (χ2v) is 10.6. The van der Waals surface area contributed by atoms with Gasteiger partial charge in [-0.1, -0.05) is 18.2 Å². The van der Waals surface area contributed by atoms with E-state index in [1.165, 1.54) is 19.4 Å². The van der Waals surface area contributed by atoms with Crippen molar-refractivity contribution in [3.05, 3.63) is 54.3 Å². The number of carbonyl (C=O) groups is 2. The molecule has 0 spiro atoms. The Balaban J connectivity index is 1.48. The SMILES string of the molecule is C=C[C@@H]1[C@@H](O[C@H]2O[C@@H](CO)[C@@H](O)[C@@H](O)[C@H]2O)OC=C(C(=O)OC)[C@H]1C[C@@H]1CC(=O)C[C@H](CCc2ccc(O)cc2)O1. The maximum Gasteiger partial charge on any atom is 0.337 e. The highest BCUT2D eigenvalue weighted by atomic mass is 16.8. The minimum atomic E-state index is -1.65. The summed E-state index contributed by atoms with van der Waals surface area (Å²) in [6, 6.07) is 6.85. The smallest absolute Gasteiger partial charge is 0.337 e. The monoisotopic (exact) mass is 578 g/mol. The van der Waals surface area contributed by atoms with Gasteiger partial charge >= 0.3 is 5.97 Å². The molecule has 4 rings (SSSR count). The van der Waals surface area contributed by atoms with Gasteiger partial charge in [-0.15, -0.1) is 6.58 Å². The van der Waals surface area contributed by atoms with E-state index in [-0.39, 0.29) is 42.5 Å². The van der Waals surface area contributed by atoms with Gasteiger partial charge in [-0.3, -0.25) is 4.79 Å². The standard InChI is InChI=1S/C29H38O12/c1-3-20-21(12-19-11-17(32)10-18(39-19)9-6-15-4-7-16(31)8-5-15)22(27(36)37-2)14-38-28(20)41-29-26(35)25(34)24(33)23(13-30)40-29/h3-5,7-8,14,18-21,23-26,28-31,33-35H,1,6,9-13H2,2H3/t18-,19-,20-,21-,23-,24+,25+,26+,28+,29+/m0/s1. The minimum absolute atomic E-state index is 0.0388. The number of methoxy groups -OCH3 is 1. The number of phenolic OH excluding ortho intramolecular Hbond substituents is 1. The Morgan fingerprint density at radius 2 is 1.76 bits per heavy atom. The molecule has 0 bridgehead atoms. The third-order valence-corrected chi connectivity index (χ3v) is 7.82. The summed E-state index contributed by atoms with van der Waals surface area (Å²) in [7, 11) is 1.24. The first-order valence-electron chi connectivity index (χ1n) is 13.6. The number of rotatable bonds is 10. The van der Waals surface area contributed by atoms with Gasteiger partial charge in [0.15, 0.2) is 6.29 Å². The number of aromatic hydroxyl groups is 1. The summed E-state index contributed by atoms with van der Waals surface area (Å²) in [5.74, 6) is -1.74. The van der Waals surface area contributed by atoms with Crippen LogP contribution in [0.2, 0.25) is 0 Å².